The summed E-state index contributed by atoms with van der Waals surface area (Å²) in [6.45, 7) is 3.24. The molecule has 108 valence electrons. The molecule has 2 aromatic rings. The number of nitrogens with one attached hydrogen (secondary N) is 1. The number of benzene rings is 2. The molecule has 1 atom stereocenters. The van der Waals surface area contributed by atoms with Gasteiger partial charge in [0.15, 0.2) is 0 Å². The number of nitrogens with zero attached hydrogens (tertiary/aromatic N) is 1. The topological polar surface area (TPSA) is 53.1 Å². The molecule has 0 radical (unpaired) electrons. The molecule has 0 aromatic heterocycles. The van der Waals surface area contributed by atoms with Gasteiger partial charge in [0.2, 0.25) is 0 Å². The van der Waals surface area contributed by atoms with Crippen LogP contribution in [0.25, 0.3) is 0 Å². The molecule has 3 heteroatoms. The fraction of sp³-hybridized carbons (Fsp3) is 0.278. The molecule has 0 saturated carbocycles. The Bertz CT molecular complexity index is 604. The van der Waals surface area contributed by atoms with Crippen molar-refractivity contribution in [2.75, 3.05) is 13.1 Å². The summed E-state index contributed by atoms with van der Waals surface area (Å²) in [5, 5.41) is 7.42. The van der Waals surface area contributed by atoms with Crippen LogP contribution >= 0.6 is 0 Å². The van der Waals surface area contributed by atoms with E-state index >= 15 is 0 Å². The average molecular weight is 279 g/mol. The molecule has 3 rings (SSSR count). The first-order chi connectivity index (χ1) is 10.2. The van der Waals surface area contributed by atoms with E-state index in [1.807, 2.05) is 12.1 Å². The molecule has 1 aliphatic rings. The Morgan fingerprint density at radius 2 is 1.81 bits per heavy atom. The van der Waals surface area contributed by atoms with E-state index in [1.54, 1.807) is 0 Å². The van der Waals surface area contributed by atoms with Crippen LogP contribution in [0.5, 0.6) is 0 Å². The maximum atomic E-state index is 7.42. The highest BCUT2D eigenvalue weighted by molar-refractivity contribution is 5.94. The zero-order valence-corrected chi connectivity index (χ0v) is 12.1. The molecule has 21 heavy (non-hydrogen) atoms. The predicted molar refractivity (Wildman–Crippen MR) is 86.5 cm³/mol. The molecule has 0 bridgehead atoms. The highest BCUT2D eigenvalue weighted by atomic mass is 15.1. The minimum absolute atomic E-state index is 0.131. The van der Waals surface area contributed by atoms with Crippen LogP contribution in [0, 0.1) is 5.41 Å². The van der Waals surface area contributed by atoms with Gasteiger partial charge in [0.05, 0.1) is 0 Å². The molecule has 3 nitrogen and oxygen atoms in total. The Balaban J connectivity index is 1.61. The molecule has 1 aliphatic heterocycles. The van der Waals surface area contributed by atoms with Crippen molar-refractivity contribution in [1.29, 1.82) is 5.41 Å². The monoisotopic (exact) mass is 279 g/mol. The highest BCUT2D eigenvalue weighted by Gasteiger charge is 2.23. The van der Waals surface area contributed by atoms with Crippen molar-refractivity contribution in [3.63, 3.8) is 0 Å². The third-order valence-electron chi connectivity index (χ3n) is 4.21. The van der Waals surface area contributed by atoms with E-state index in [9.17, 15) is 0 Å². The van der Waals surface area contributed by atoms with Gasteiger partial charge in [-0.05, 0) is 30.0 Å². The standard InChI is InChI=1S/C18H21N3/c19-18(20)16-8-6-14(7-9-16)12-21-11-10-17(13-21)15-4-2-1-3-5-15/h1-9,17H,10-13H2,(H3,19,20). The number of amidine groups is 1. The smallest absolute Gasteiger partial charge is 0.122 e. The minimum atomic E-state index is 0.131. The van der Waals surface area contributed by atoms with Gasteiger partial charge in [0, 0.05) is 18.7 Å². The molecule has 0 aliphatic carbocycles. The molecule has 1 unspecified atom stereocenters. The lowest BCUT2D eigenvalue weighted by atomic mass is 9.99. The molecular formula is C18H21N3. The minimum Gasteiger partial charge on any atom is -0.384 e. The van der Waals surface area contributed by atoms with Gasteiger partial charge in [-0.25, -0.2) is 0 Å². The van der Waals surface area contributed by atoms with E-state index in [2.05, 4.69) is 47.4 Å². The third-order valence-corrected chi connectivity index (χ3v) is 4.21. The summed E-state index contributed by atoms with van der Waals surface area (Å²) in [5.74, 6) is 0.787. The Kier molecular flexibility index (Phi) is 4.02. The Morgan fingerprint density at radius 1 is 1.10 bits per heavy atom. The summed E-state index contributed by atoms with van der Waals surface area (Å²) in [6, 6.07) is 18.8. The number of nitrogen functional groups attached to an aromatic ring is 1. The van der Waals surface area contributed by atoms with Crippen molar-refractivity contribution >= 4 is 5.84 Å². The molecule has 2 aromatic carbocycles. The first kappa shape index (κ1) is 13.8. The number of nitrogens with two attached hydrogens (primary N) is 1. The Labute approximate surface area is 125 Å². The van der Waals surface area contributed by atoms with Crippen LogP contribution in [0.15, 0.2) is 54.6 Å². The first-order valence-electron chi connectivity index (χ1n) is 7.43. The number of hydrogen-bond acceptors (Lipinski definition) is 2. The van der Waals surface area contributed by atoms with Crippen LogP contribution in [-0.4, -0.2) is 23.8 Å². The van der Waals surface area contributed by atoms with Crippen LogP contribution < -0.4 is 5.73 Å². The number of rotatable bonds is 4. The number of hydrogen-bond donors (Lipinski definition) is 2. The normalized spacial score (nSPS) is 18.8. The fourth-order valence-corrected chi connectivity index (χ4v) is 3.02. The first-order valence-corrected chi connectivity index (χ1v) is 7.43. The van der Waals surface area contributed by atoms with Gasteiger partial charge in [0.25, 0.3) is 0 Å². The van der Waals surface area contributed by atoms with Gasteiger partial charge in [-0.2, -0.15) is 0 Å². The van der Waals surface area contributed by atoms with E-state index in [-0.39, 0.29) is 5.84 Å². The molecule has 1 saturated heterocycles. The zero-order valence-electron chi connectivity index (χ0n) is 12.1. The van der Waals surface area contributed by atoms with Gasteiger partial charge >= 0.3 is 0 Å². The van der Waals surface area contributed by atoms with Crippen LogP contribution in [0.1, 0.15) is 29.0 Å². The van der Waals surface area contributed by atoms with E-state index in [0.29, 0.717) is 5.92 Å². The maximum absolute atomic E-state index is 7.42. The van der Waals surface area contributed by atoms with Crippen LogP contribution in [-0.2, 0) is 6.54 Å². The predicted octanol–water partition coefficient (Wildman–Crippen LogP) is 2.96. The summed E-state index contributed by atoms with van der Waals surface area (Å²) >= 11 is 0. The van der Waals surface area contributed by atoms with Crippen LogP contribution in [0.3, 0.4) is 0 Å². The zero-order chi connectivity index (χ0) is 14.7. The summed E-state index contributed by atoms with van der Waals surface area (Å²) in [5.41, 5.74) is 9.01. The van der Waals surface area contributed by atoms with Crippen molar-refractivity contribution in [1.82, 2.24) is 4.90 Å². The molecule has 0 amide bonds. The van der Waals surface area contributed by atoms with Gasteiger partial charge in [-0.15, -0.1) is 0 Å². The van der Waals surface area contributed by atoms with Crippen LogP contribution in [0.4, 0.5) is 0 Å². The molecule has 1 heterocycles. The van der Waals surface area contributed by atoms with Gasteiger partial charge in [-0.1, -0.05) is 54.6 Å². The Hall–Kier alpha value is -2.13. The van der Waals surface area contributed by atoms with Gasteiger partial charge in [-0.3, -0.25) is 10.3 Å². The second kappa shape index (κ2) is 6.10. The van der Waals surface area contributed by atoms with Crippen molar-refractivity contribution in [2.24, 2.45) is 5.73 Å². The van der Waals surface area contributed by atoms with E-state index in [4.69, 9.17) is 11.1 Å². The summed E-state index contributed by atoms with van der Waals surface area (Å²) < 4.78 is 0. The lowest BCUT2D eigenvalue weighted by Crippen LogP contribution is -2.20. The second-order valence-electron chi connectivity index (χ2n) is 5.74. The molecular weight excluding hydrogens is 258 g/mol. The van der Waals surface area contributed by atoms with Gasteiger partial charge < -0.3 is 5.73 Å². The molecule has 3 N–H and O–H groups in total. The SMILES string of the molecule is N=C(N)c1ccc(CN2CCC(c3ccccc3)C2)cc1. The summed E-state index contributed by atoms with van der Waals surface area (Å²) in [6.07, 6.45) is 1.23. The average Bonchev–Trinajstić information content (AvgIpc) is 2.97. The second-order valence-corrected chi connectivity index (χ2v) is 5.74. The van der Waals surface area contributed by atoms with Crippen molar-refractivity contribution in [3.8, 4) is 0 Å². The number of likely N-dealkylation sites (tertiary alicyclic amines) is 1. The molecule has 0 spiro atoms. The van der Waals surface area contributed by atoms with Crippen molar-refractivity contribution in [3.05, 3.63) is 71.3 Å². The lowest BCUT2D eigenvalue weighted by Gasteiger charge is -2.16. The van der Waals surface area contributed by atoms with E-state index < -0.39 is 0 Å². The quantitative estimate of drug-likeness (QED) is 0.668. The van der Waals surface area contributed by atoms with Crippen molar-refractivity contribution in [2.45, 2.75) is 18.9 Å². The largest absolute Gasteiger partial charge is 0.384 e. The highest BCUT2D eigenvalue weighted by Crippen LogP contribution is 2.27. The maximum Gasteiger partial charge on any atom is 0.122 e. The molecule has 1 fully saturated rings. The van der Waals surface area contributed by atoms with Crippen molar-refractivity contribution < 1.29 is 0 Å². The third kappa shape index (κ3) is 3.31. The lowest BCUT2D eigenvalue weighted by molar-refractivity contribution is 0.327. The summed E-state index contributed by atoms with van der Waals surface area (Å²) in [7, 11) is 0. The fourth-order valence-electron chi connectivity index (χ4n) is 3.02. The Morgan fingerprint density at radius 3 is 2.48 bits per heavy atom. The summed E-state index contributed by atoms with van der Waals surface area (Å²) in [4.78, 5) is 2.50. The van der Waals surface area contributed by atoms with E-state index in [1.165, 1.54) is 17.5 Å². The van der Waals surface area contributed by atoms with Gasteiger partial charge in [0.1, 0.15) is 5.84 Å². The van der Waals surface area contributed by atoms with E-state index in [0.717, 1.165) is 25.2 Å². The van der Waals surface area contributed by atoms with Crippen LogP contribution in [0.2, 0.25) is 0 Å².